The predicted molar refractivity (Wildman–Crippen MR) is 166 cm³/mol. The number of amides is 4. The van der Waals surface area contributed by atoms with Crippen LogP contribution in [0.25, 0.3) is 6.08 Å². The second kappa shape index (κ2) is 14.1. The zero-order chi connectivity index (χ0) is 29.2. The molecule has 0 aliphatic carbocycles. The van der Waals surface area contributed by atoms with Crippen LogP contribution in [0.3, 0.4) is 0 Å². The van der Waals surface area contributed by atoms with Gasteiger partial charge in [-0.1, -0.05) is 30.3 Å². The number of hydrogen-bond acceptors (Lipinski definition) is 6. The van der Waals surface area contributed by atoms with E-state index in [1.807, 2.05) is 29.6 Å². The minimum atomic E-state index is -0.474. The van der Waals surface area contributed by atoms with Gasteiger partial charge in [0, 0.05) is 39.3 Å². The average molecular weight is 585 g/mol. The van der Waals surface area contributed by atoms with Gasteiger partial charge in [0.2, 0.25) is 11.8 Å². The maximum atomic E-state index is 13.3. The summed E-state index contributed by atoms with van der Waals surface area (Å²) in [6.45, 7) is 3.22. The van der Waals surface area contributed by atoms with Gasteiger partial charge in [0.15, 0.2) is 0 Å². The van der Waals surface area contributed by atoms with Gasteiger partial charge < -0.3 is 21.3 Å². The van der Waals surface area contributed by atoms with E-state index in [0.29, 0.717) is 22.6 Å². The molecule has 8 nitrogen and oxygen atoms in total. The van der Waals surface area contributed by atoms with Crippen molar-refractivity contribution in [2.75, 3.05) is 16.0 Å². The molecule has 1 heterocycles. The maximum absolute atomic E-state index is 13.3. The fourth-order valence-corrected chi connectivity index (χ4v) is 5.23. The summed E-state index contributed by atoms with van der Waals surface area (Å²) in [5.74, 6) is -1.23. The fraction of sp³-hybridized carbons (Fsp3) is 0.0968. The smallest absolute Gasteiger partial charge is 0.272 e. The summed E-state index contributed by atoms with van der Waals surface area (Å²) in [5.41, 5.74) is 2.32. The van der Waals surface area contributed by atoms with E-state index in [0.717, 1.165) is 9.77 Å². The molecule has 0 aliphatic rings. The summed E-state index contributed by atoms with van der Waals surface area (Å²) in [4.78, 5) is 51.6. The van der Waals surface area contributed by atoms with E-state index in [4.69, 9.17) is 0 Å². The molecule has 208 valence electrons. The summed E-state index contributed by atoms with van der Waals surface area (Å²) in [6, 6.07) is 26.4. The number of carbonyl (C=O) groups is 4. The van der Waals surface area contributed by atoms with E-state index < -0.39 is 17.1 Å². The molecule has 4 amide bonds. The third kappa shape index (κ3) is 8.92. The number of anilines is 3. The molecule has 0 saturated heterocycles. The van der Waals surface area contributed by atoms with Crippen molar-refractivity contribution in [3.63, 3.8) is 0 Å². The number of thioether (sulfide) groups is 1. The van der Waals surface area contributed by atoms with Gasteiger partial charge in [0.05, 0.1) is 5.25 Å². The van der Waals surface area contributed by atoms with Crippen molar-refractivity contribution in [1.82, 2.24) is 5.32 Å². The van der Waals surface area contributed by atoms with Crippen molar-refractivity contribution < 1.29 is 19.2 Å². The van der Waals surface area contributed by atoms with E-state index in [1.54, 1.807) is 79.7 Å². The quantitative estimate of drug-likeness (QED) is 0.130. The number of benzene rings is 3. The van der Waals surface area contributed by atoms with E-state index in [1.165, 1.54) is 30.0 Å². The van der Waals surface area contributed by atoms with Crippen molar-refractivity contribution in [2.24, 2.45) is 0 Å². The van der Waals surface area contributed by atoms with E-state index >= 15 is 0 Å². The first-order valence-corrected chi connectivity index (χ1v) is 14.4. The Morgan fingerprint density at radius 3 is 2.15 bits per heavy atom. The lowest BCUT2D eigenvalue weighted by molar-refractivity contribution is -0.115. The van der Waals surface area contributed by atoms with Crippen LogP contribution in [0.2, 0.25) is 0 Å². The first kappa shape index (κ1) is 29.3. The first-order chi connectivity index (χ1) is 19.8. The third-order valence-corrected chi connectivity index (χ3v) is 7.52. The van der Waals surface area contributed by atoms with Gasteiger partial charge in [-0.15, -0.1) is 23.1 Å². The molecule has 3 aromatic carbocycles. The lowest BCUT2D eigenvalue weighted by Gasteiger charge is -2.14. The van der Waals surface area contributed by atoms with E-state index in [2.05, 4.69) is 21.3 Å². The van der Waals surface area contributed by atoms with Crippen LogP contribution >= 0.6 is 23.1 Å². The Morgan fingerprint density at radius 2 is 1.49 bits per heavy atom. The van der Waals surface area contributed by atoms with E-state index in [-0.39, 0.29) is 17.5 Å². The molecule has 1 aromatic heterocycles. The highest BCUT2D eigenvalue weighted by Gasteiger charge is 2.17. The van der Waals surface area contributed by atoms with Gasteiger partial charge in [0.1, 0.15) is 5.70 Å². The molecule has 10 heteroatoms. The minimum absolute atomic E-state index is 0.108. The van der Waals surface area contributed by atoms with Gasteiger partial charge in [-0.3, -0.25) is 19.2 Å². The lowest BCUT2D eigenvalue weighted by Crippen LogP contribution is -2.30. The van der Waals surface area contributed by atoms with Gasteiger partial charge >= 0.3 is 0 Å². The molecule has 4 aromatic rings. The van der Waals surface area contributed by atoms with Gasteiger partial charge in [-0.05, 0) is 79.0 Å². The molecule has 0 radical (unpaired) electrons. The fourth-order valence-electron chi connectivity index (χ4n) is 3.65. The van der Waals surface area contributed by atoms with Crippen LogP contribution in [0.15, 0.2) is 107 Å². The number of carbonyl (C=O) groups excluding carboxylic acids is 4. The molecule has 41 heavy (non-hydrogen) atoms. The highest BCUT2D eigenvalue weighted by Crippen LogP contribution is 2.27. The Bertz CT molecular complexity index is 1550. The summed E-state index contributed by atoms with van der Waals surface area (Å²) < 4.78 is 0. The summed E-state index contributed by atoms with van der Waals surface area (Å²) in [6.07, 6.45) is 1.63. The monoisotopic (exact) mass is 584 g/mol. The topological polar surface area (TPSA) is 116 Å². The van der Waals surface area contributed by atoms with Crippen LogP contribution in [0, 0.1) is 0 Å². The van der Waals surface area contributed by atoms with E-state index in [9.17, 15) is 19.2 Å². The number of nitrogens with one attached hydrogen (secondary N) is 4. The van der Waals surface area contributed by atoms with Gasteiger partial charge in [-0.25, -0.2) is 0 Å². The Labute approximate surface area is 246 Å². The normalized spacial score (nSPS) is 11.7. The first-order valence-electron chi connectivity index (χ1n) is 12.6. The highest BCUT2D eigenvalue weighted by molar-refractivity contribution is 8.00. The standard InChI is InChI=1S/C31H28N4O4S2/c1-20(29(37)33-24-15-13-23(14-16-24)32-21(2)36)41-27-11-6-10-25(18-27)34-31(39)28(19-26-12-7-17-40-26)35-30(38)22-8-4-3-5-9-22/h3-20H,1-2H3,(H,32,36)(H,33,37)(H,34,39)(H,35,38)/b28-19-. The Kier molecular flexibility index (Phi) is 10.1. The largest absolute Gasteiger partial charge is 0.326 e. The zero-order valence-electron chi connectivity index (χ0n) is 22.3. The van der Waals surface area contributed by atoms with Crippen LogP contribution in [-0.2, 0) is 14.4 Å². The Hall–Kier alpha value is -4.67. The Balaban J connectivity index is 1.40. The van der Waals surface area contributed by atoms with Crippen molar-refractivity contribution in [2.45, 2.75) is 24.0 Å². The van der Waals surface area contributed by atoms with Gasteiger partial charge in [0.25, 0.3) is 11.8 Å². The van der Waals surface area contributed by atoms with Crippen LogP contribution in [-0.4, -0.2) is 28.9 Å². The van der Waals surface area contributed by atoms with Crippen molar-refractivity contribution >= 4 is 69.9 Å². The van der Waals surface area contributed by atoms with Crippen molar-refractivity contribution in [3.05, 3.63) is 113 Å². The SMILES string of the molecule is CC(=O)Nc1ccc(NC(=O)C(C)Sc2cccc(NC(=O)/C(=C/c3cccs3)NC(=O)c3ccccc3)c2)cc1. The number of hydrogen-bond donors (Lipinski definition) is 4. The van der Waals surface area contributed by atoms with Crippen LogP contribution < -0.4 is 21.3 Å². The second-order valence-corrected chi connectivity index (χ2v) is 11.3. The molecule has 4 N–H and O–H groups in total. The highest BCUT2D eigenvalue weighted by atomic mass is 32.2. The summed E-state index contributed by atoms with van der Waals surface area (Å²) >= 11 is 2.79. The molecule has 0 fully saturated rings. The summed E-state index contributed by atoms with van der Waals surface area (Å²) in [5, 5.41) is 12.6. The number of thiophene rings is 1. The Morgan fingerprint density at radius 1 is 0.780 bits per heavy atom. The second-order valence-electron chi connectivity index (χ2n) is 8.88. The molecule has 1 atom stereocenters. The molecule has 1 unspecified atom stereocenters. The molecule has 0 saturated carbocycles. The molecular weight excluding hydrogens is 556 g/mol. The van der Waals surface area contributed by atoms with Gasteiger partial charge in [-0.2, -0.15) is 0 Å². The lowest BCUT2D eigenvalue weighted by atomic mass is 10.2. The third-order valence-electron chi connectivity index (χ3n) is 5.61. The molecule has 0 bridgehead atoms. The molecular formula is C31H28N4O4S2. The summed E-state index contributed by atoms with van der Waals surface area (Å²) in [7, 11) is 0. The maximum Gasteiger partial charge on any atom is 0.272 e. The van der Waals surface area contributed by atoms with Crippen molar-refractivity contribution in [3.8, 4) is 0 Å². The van der Waals surface area contributed by atoms with Crippen LogP contribution in [0.1, 0.15) is 29.1 Å². The molecule has 0 spiro atoms. The molecule has 0 aliphatic heterocycles. The van der Waals surface area contributed by atoms with Crippen molar-refractivity contribution in [1.29, 1.82) is 0 Å². The predicted octanol–water partition coefficient (Wildman–Crippen LogP) is 6.24. The van der Waals surface area contributed by atoms with Crippen LogP contribution in [0.4, 0.5) is 17.1 Å². The molecule has 4 rings (SSSR count). The van der Waals surface area contributed by atoms with Crippen LogP contribution in [0.5, 0.6) is 0 Å². The minimum Gasteiger partial charge on any atom is -0.326 e. The number of rotatable bonds is 10. The zero-order valence-corrected chi connectivity index (χ0v) is 24.0. The average Bonchev–Trinajstić information content (AvgIpc) is 3.47.